The highest BCUT2D eigenvalue weighted by atomic mass is 16.5. The lowest BCUT2D eigenvalue weighted by atomic mass is 9.88. The van der Waals surface area contributed by atoms with E-state index in [4.69, 9.17) is 10.3 Å². The average molecular weight is 285 g/mol. The van der Waals surface area contributed by atoms with E-state index < -0.39 is 0 Å². The van der Waals surface area contributed by atoms with Gasteiger partial charge in [-0.05, 0) is 62.1 Å². The van der Waals surface area contributed by atoms with E-state index in [0.717, 1.165) is 25.0 Å². The number of nitrogens with zero attached hydrogens (tertiary/aromatic N) is 3. The lowest BCUT2D eigenvalue weighted by molar-refractivity contribution is 0.124. The number of hydrogen-bond acceptors (Lipinski definition) is 2. The van der Waals surface area contributed by atoms with Gasteiger partial charge in [0.1, 0.15) is 5.76 Å². The summed E-state index contributed by atoms with van der Waals surface area (Å²) in [5, 5.41) is 3.82. The summed E-state index contributed by atoms with van der Waals surface area (Å²) in [6.45, 7) is 1.98. The molecule has 0 aromatic carbocycles. The molecule has 21 heavy (non-hydrogen) atoms. The molecule has 2 atom stereocenters. The van der Waals surface area contributed by atoms with Gasteiger partial charge < -0.3 is 4.74 Å². The largest absolute Gasteiger partial charge is 0.490 e. The second kappa shape index (κ2) is 6.40. The molecule has 0 aromatic heterocycles. The third kappa shape index (κ3) is 3.16. The Labute approximate surface area is 126 Å². The van der Waals surface area contributed by atoms with Crippen molar-refractivity contribution in [3.05, 3.63) is 45.6 Å². The molecule has 1 saturated carbocycles. The summed E-state index contributed by atoms with van der Waals surface area (Å²) in [4.78, 5) is 2.92. The average Bonchev–Trinajstić information content (AvgIpc) is 3.10. The van der Waals surface area contributed by atoms with Crippen molar-refractivity contribution in [2.24, 2.45) is 11.0 Å². The monoisotopic (exact) mass is 285 g/mol. The Kier molecular flexibility index (Phi) is 4.35. The van der Waals surface area contributed by atoms with Crippen LogP contribution in [0.2, 0.25) is 0 Å². The number of ether oxygens (including phenoxy) is 1. The summed E-state index contributed by atoms with van der Waals surface area (Å²) in [5.41, 5.74) is 11.4. The normalized spacial score (nSPS) is 26.3. The molecule has 0 saturated heterocycles. The Hall–Kier alpha value is -1.67. The Balaban J connectivity index is 1.73. The standard InChI is InChI=1S/C17H23N3O/c1-12(19-20-18)11-14-10-9-13-5-4-8-16(17(13)14)21-15-6-2-3-7-15/h8-10,12,14-15H,2-7,11H2,1H3. The molecular formula is C17H23N3O. The zero-order valence-electron chi connectivity index (χ0n) is 12.7. The van der Waals surface area contributed by atoms with Crippen molar-refractivity contribution in [1.82, 2.24) is 0 Å². The lowest BCUT2D eigenvalue weighted by Crippen LogP contribution is -2.16. The molecule has 2 unspecified atom stereocenters. The predicted molar refractivity (Wildman–Crippen MR) is 83.5 cm³/mol. The van der Waals surface area contributed by atoms with Crippen LogP contribution in [0.25, 0.3) is 10.4 Å². The molecule has 0 aromatic rings. The Morgan fingerprint density at radius 3 is 3.00 bits per heavy atom. The maximum absolute atomic E-state index is 8.58. The fraction of sp³-hybridized carbons (Fsp3) is 0.647. The van der Waals surface area contributed by atoms with Crippen LogP contribution in [0.5, 0.6) is 0 Å². The van der Waals surface area contributed by atoms with E-state index in [2.05, 4.69) is 28.3 Å². The first-order valence-electron chi connectivity index (χ1n) is 8.10. The zero-order chi connectivity index (χ0) is 14.7. The molecule has 0 spiro atoms. The number of hydrogen-bond donors (Lipinski definition) is 0. The number of allylic oxidation sites excluding steroid dienone is 5. The molecule has 0 aliphatic heterocycles. The van der Waals surface area contributed by atoms with Gasteiger partial charge in [0.15, 0.2) is 0 Å². The van der Waals surface area contributed by atoms with E-state index in [1.54, 1.807) is 0 Å². The van der Waals surface area contributed by atoms with E-state index in [1.807, 2.05) is 6.92 Å². The summed E-state index contributed by atoms with van der Waals surface area (Å²) in [6, 6.07) is 0.0196. The van der Waals surface area contributed by atoms with Gasteiger partial charge in [-0.1, -0.05) is 24.2 Å². The van der Waals surface area contributed by atoms with Crippen molar-refractivity contribution < 1.29 is 4.74 Å². The van der Waals surface area contributed by atoms with Gasteiger partial charge in [-0.2, -0.15) is 0 Å². The van der Waals surface area contributed by atoms with Crippen molar-refractivity contribution in [2.45, 2.75) is 64.0 Å². The highest BCUT2D eigenvalue weighted by Crippen LogP contribution is 2.41. The number of azide groups is 1. The van der Waals surface area contributed by atoms with Crippen LogP contribution in [0.3, 0.4) is 0 Å². The Morgan fingerprint density at radius 1 is 1.43 bits per heavy atom. The third-order valence-corrected chi connectivity index (χ3v) is 4.69. The predicted octanol–water partition coefficient (Wildman–Crippen LogP) is 5.19. The second-order valence-electron chi connectivity index (χ2n) is 6.33. The van der Waals surface area contributed by atoms with Crippen LogP contribution in [0, 0.1) is 5.92 Å². The molecule has 0 N–H and O–H groups in total. The van der Waals surface area contributed by atoms with Crippen LogP contribution in [0.15, 0.2) is 40.2 Å². The van der Waals surface area contributed by atoms with E-state index >= 15 is 0 Å². The minimum Gasteiger partial charge on any atom is -0.490 e. The summed E-state index contributed by atoms with van der Waals surface area (Å²) in [5.74, 6) is 1.44. The molecule has 3 rings (SSSR count). The van der Waals surface area contributed by atoms with Crippen LogP contribution >= 0.6 is 0 Å². The summed E-state index contributed by atoms with van der Waals surface area (Å²) in [6.07, 6.45) is 15.2. The Morgan fingerprint density at radius 2 is 2.24 bits per heavy atom. The van der Waals surface area contributed by atoms with Gasteiger partial charge >= 0.3 is 0 Å². The smallest absolute Gasteiger partial charge is 0.119 e. The summed E-state index contributed by atoms with van der Waals surface area (Å²) < 4.78 is 6.30. The fourth-order valence-electron chi connectivity index (χ4n) is 3.68. The van der Waals surface area contributed by atoms with Gasteiger partial charge in [-0.3, -0.25) is 0 Å². The molecular weight excluding hydrogens is 262 g/mol. The van der Waals surface area contributed by atoms with Crippen molar-refractivity contribution in [2.75, 3.05) is 0 Å². The third-order valence-electron chi connectivity index (χ3n) is 4.69. The van der Waals surface area contributed by atoms with Crippen LogP contribution in [-0.4, -0.2) is 12.1 Å². The topological polar surface area (TPSA) is 58.0 Å². The zero-order valence-corrected chi connectivity index (χ0v) is 12.7. The van der Waals surface area contributed by atoms with Crippen LogP contribution in [0.4, 0.5) is 0 Å². The SMILES string of the molecule is CC(CC1C=CC2=C1C(OC1CCCC1)=CCC2)N=[N+]=[N-]. The quantitative estimate of drug-likeness (QED) is 0.389. The highest BCUT2D eigenvalue weighted by Gasteiger charge is 2.29. The van der Waals surface area contributed by atoms with E-state index in [-0.39, 0.29) is 6.04 Å². The van der Waals surface area contributed by atoms with Crippen molar-refractivity contribution >= 4 is 0 Å². The van der Waals surface area contributed by atoms with Gasteiger partial charge in [0.25, 0.3) is 0 Å². The molecule has 112 valence electrons. The van der Waals surface area contributed by atoms with Crippen LogP contribution in [0.1, 0.15) is 51.9 Å². The first-order chi connectivity index (χ1) is 10.3. The van der Waals surface area contributed by atoms with E-state index in [1.165, 1.54) is 36.8 Å². The Bertz CT molecular complexity index is 534. The van der Waals surface area contributed by atoms with Crippen LogP contribution in [-0.2, 0) is 4.74 Å². The first kappa shape index (κ1) is 14.3. The van der Waals surface area contributed by atoms with E-state index in [9.17, 15) is 0 Å². The number of rotatable bonds is 5. The van der Waals surface area contributed by atoms with Crippen molar-refractivity contribution in [3.8, 4) is 0 Å². The van der Waals surface area contributed by atoms with E-state index in [0.29, 0.717) is 12.0 Å². The van der Waals surface area contributed by atoms with Crippen molar-refractivity contribution in [3.63, 3.8) is 0 Å². The van der Waals surface area contributed by atoms with Gasteiger partial charge in [0, 0.05) is 22.4 Å². The van der Waals surface area contributed by atoms with Crippen LogP contribution < -0.4 is 0 Å². The molecule has 3 aliphatic rings. The second-order valence-corrected chi connectivity index (χ2v) is 6.33. The fourth-order valence-corrected chi connectivity index (χ4v) is 3.68. The molecule has 1 fully saturated rings. The molecule has 4 nitrogen and oxygen atoms in total. The molecule has 4 heteroatoms. The maximum atomic E-state index is 8.58. The minimum atomic E-state index is 0.0196. The lowest BCUT2D eigenvalue weighted by Gasteiger charge is -2.25. The first-order valence-corrected chi connectivity index (χ1v) is 8.10. The molecule has 3 aliphatic carbocycles. The molecule has 0 bridgehead atoms. The van der Waals surface area contributed by atoms with Gasteiger partial charge in [-0.15, -0.1) is 0 Å². The molecule has 0 heterocycles. The molecule has 0 radical (unpaired) electrons. The summed E-state index contributed by atoms with van der Waals surface area (Å²) >= 11 is 0. The molecule has 0 amide bonds. The van der Waals surface area contributed by atoms with Gasteiger partial charge in [0.2, 0.25) is 0 Å². The van der Waals surface area contributed by atoms with Gasteiger partial charge in [-0.25, -0.2) is 0 Å². The minimum absolute atomic E-state index is 0.0196. The summed E-state index contributed by atoms with van der Waals surface area (Å²) in [7, 11) is 0. The highest BCUT2D eigenvalue weighted by molar-refractivity contribution is 5.48. The maximum Gasteiger partial charge on any atom is 0.119 e. The van der Waals surface area contributed by atoms with Gasteiger partial charge in [0.05, 0.1) is 6.10 Å². The van der Waals surface area contributed by atoms with Crippen molar-refractivity contribution in [1.29, 1.82) is 0 Å².